The zero-order valence-electron chi connectivity index (χ0n) is 15.8. The molecule has 27 heavy (non-hydrogen) atoms. The van der Waals surface area contributed by atoms with Crippen LogP contribution in [0, 0.1) is 12.8 Å². The summed E-state index contributed by atoms with van der Waals surface area (Å²) in [6.45, 7) is 3.95. The number of carbonyl (C=O) groups is 2. The topological polar surface area (TPSA) is 115 Å². The monoisotopic (exact) mass is 397 g/mol. The quantitative estimate of drug-likeness (QED) is 0.732. The fourth-order valence-electron chi connectivity index (χ4n) is 3.86. The molecule has 2 fully saturated rings. The zero-order chi connectivity index (χ0) is 19.6. The molecule has 0 unspecified atom stereocenters. The second-order valence-corrected chi connectivity index (χ2v) is 9.32. The van der Waals surface area contributed by atoms with Gasteiger partial charge >= 0.3 is 0 Å². The number of nitrogens with zero attached hydrogens (tertiary/aromatic N) is 3. The summed E-state index contributed by atoms with van der Waals surface area (Å²) in [6, 6.07) is -0.557. The van der Waals surface area contributed by atoms with Gasteiger partial charge in [0.25, 0.3) is 5.91 Å². The second-order valence-electron chi connectivity index (χ2n) is 7.39. The number of rotatable bonds is 5. The van der Waals surface area contributed by atoms with Crippen molar-refractivity contribution >= 4 is 21.8 Å². The summed E-state index contributed by atoms with van der Waals surface area (Å²) in [4.78, 5) is 33.6. The van der Waals surface area contributed by atoms with Crippen LogP contribution in [0.3, 0.4) is 0 Å². The third-order valence-corrected chi connectivity index (χ3v) is 6.73. The smallest absolute Gasteiger partial charge is 0.271 e. The van der Waals surface area contributed by atoms with E-state index in [1.807, 2.05) is 0 Å². The zero-order valence-corrected chi connectivity index (χ0v) is 16.6. The molecule has 3 heterocycles. The van der Waals surface area contributed by atoms with Crippen LogP contribution < -0.4 is 5.32 Å². The Labute approximate surface area is 159 Å². The molecule has 9 nitrogen and oxygen atoms in total. The molecule has 2 amide bonds. The van der Waals surface area contributed by atoms with Gasteiger partial charge in [-0.2, -0.15) is 4.31 Å². The molecular weight excluding hydrogens is 370 g/mol. The minimum atomic E-state index is -3.36. The highest BCUT2D eigenvalue weighted by Gasteiger charge is 2.39. The average molecular weight is 398 g/mol. The number of sulfonamides is 1. The fourth-order valence-corrected chi connectivity index (χ4v) is 4.98. The Morgan fingerprint density at radius 1 is 1.26 bits per heavy atom. The predicted octanol–water partition coefficient (Wildman–Crippen LogP) is 0.111. The number of nitrogens with one attached hydrogen (secondary N) is 2. The summed E-state index contributed by atoms with van der Waals surface area (Å²) >= 11 is 0. The van der Waals surface area contributed by atoms with Gasteiger partial charge in [-0.1, -0.05) is 0 Å². The van der Waals surface area contributed by atoms with E-state index in [1.165, 1.54) is 10.6 Å². The molecule has 2 N–H and O–H groups in total. The maximum absolute atomic E-state index is 12.8. The molecule has 150 valence electrons. The van der Waals surface area contributed by atoms with Gasteiger partial charge < -0.3 is 15.2 Å². The van der Waals surface area contributed by atoms with Crippen molar-refractivity contribution in [3.05, 3.63) is 17.7 Å². The van der Waals surface area contributed by atoms with Gasteiger partial charge in [0.15, 0.2) is 0 Å². The van der Waals surface area contributed by atoms with E-state index >= 15 is 0 Å². The summed E-state index contributed by atoms with van der Waals surface area (Å²) in [7, 11) is -3.36. The van der Waals surface area contributed by atoms with E-state index in [0.29, 0.717) is 44.2 Å². The van der Waals surface area contributed by atoms with Gasteiger partial charge in [-0.25, -0.2) is 13.4 Å². The van der Waals surface area contributed by atoms with Crippen molar-refractivity contribution in [3.63, 3.8) is 0 Å². The summed E-state index contributed by atoms with van der Waals surface area (Å²) in [5.74, 6) is 0.0152. The van der Waals surface area contributed by atoms with Crippen LogP contribution in [-0.2, 0) is 14.8 Å². The number of hydrogen-bond acceptors (Lipinski definition) is 5. The van der Waals surface area contributed by atoms with E-state index in [4.69, 9.17) is 0 Å². The first kappa shape index (κ1) is 19.8. The third kappa shape index (κ3) is 4.49. The number of imidazole rings is 1. The number of likely N-dealkylation sites (tertiary alicyclic amines) is 1. The van der Waals surface area contributed by atoms with E-state index in [0.717, 1.165) is 31.2 Å². The number of piperidine rings is 1. The molecule has 0 spiro atoms. The average Bonchev–Trinajstić information content (AvgIpc) is 3.28. The summed E-state index contributed by atoms with van der Waals surface area (Å²) in [6.07, 6.45) is 5.55. The van der Waals surface area contributed by atoms with Crippen LogP contribution in [0.5, 0.6) is 0 Å². The Morgan fingerprint density at radius 2 is 1.96 bits per heavy atom. The molecule has 0 radical (unpaired) electrons. The fraction of sp³-hybridized carbons (Fsp3) is 0.706. The van der Waals surface area contributed by atoms with Crippen LogP contribution in [0.1, 0.15) is 41.9 Å². The van der Waals surface area contributed by atoms with Crippen LogP contribution in [-0.4, -0.2) is 77.9 Å². The van der Waals surface area contributed by atoms with Crippen molar-refractivity contribution in [1.29, 1.82) is 0 Å². The van der Waals surface area contributed by atoms with Gasteiger partial charge in [0, 0.05) is 31.9 Å². The first-order valence-electron chi connectivity index (χ1n) is 9.31. The lowest BCUT2D eigenvalue weighted by molar-refractivity contribution is -0.136. The van der Waals surface area contributed by atoms with Crippen LogP contribution in [0.4, 0.5) is 0 Å². The lowest BCUT2D eigenvalue weighted by Crippen LogP contribution is -2.50. The highest BCUT2D eigenvalue weighted by molar-refractivity contribution is 7.88. The first-order chi connectivity index (χ1) is 12.8. The van der Waals surface area contributed by atoms with E-state index < -0.39 is 16.1 Å². The Bertz CT molecular complexity index is 798. The van der Waals surface area contributed by atoms with Gasteiger partial charge in [-0.05, 0) is 38.5 Å². The highest BCUT2D eigenvalue weighted by atomic mass is 32.2. The second kappa shape index (κ2) is 7.97. The minimum absolute atomic E-state index is 0.0902. The van der Waals surface area contributed by atoms with E-state index in [1.54, 1.807) is 11.8 Å². The van der Waals surface area contributed by atoms with E-state index in [2.05, 4.69) is 15.3 Å². The standard InChI is InChI=1S/C17H27N5O4S/c1-12-15(20-11-19-12)16(23)18-10-13-5-8-21(9-6-13)17(24)14-4-3-7-22(14)27(2,25)26/h11,13-14H,3-10H2,1-2H3,(H,18,23)(H,19,20)/t14-/m0/s1. The number of H-pyrrole nitrogens is 1. The molecular formula is C17H27N5O4S. The molecule has 0 aromatic carbocycles. The van der Waals surface area contributed by atoms with Crippen molar-refractivity contribution < 1.29 is 18.0 Å². The molecule has 10 heteroatoms. The van der Waals surface area contributed by atoms with Crippen molar-refractivity contribution in [2.24, 2.45) is 5.92 Å². The molecule has 1 aromatic heterocycles. The first-order valence-corrected chi connectivity index (χ1v) is 11.2. The lowest BCUT2D eigenvalue weighted by atomic mass is 9.96. The minimum Gasteiger partial charge on any atom is -0.350 e. The van der Waals surface area contributed by atoms with E-state index in [-0.39, 0.29) is 11.8 Å². The van der Waals surface area contributed by atoms with Crippen LogP contribution in [0.25, 0.3) is 0 Å². The van der Waals surface area contributed by atoms with Gasteiger partial charge in [0.2, 0.25) is 15.9 Å². The summed E-state index contributed by atoms with van der Waals surface area (Å²) in [5, 5.41) is 2.91. The van der Waals surface area contributed by atoms with Gasteiger partial charge in [0.1, 0.15) is 11.7 Å². The summed E-state index contributed by atoms with van der Waals surface area (Å²) < 4.78 is 25.0. The Balaban J connectivity index is 1.48. The molecule has 0 bridgehead atoms. The normalized spacial score (nSPS) is 22.1. The maximum atomic E-state index is 12.8. The van der Waals surface area contributed by atoms with Crippen LogP contribution in [0.2, 0.25) is 0 Å². The van der Waals surface area contributed by atoms with Crippen molar-refractivity contribution in [1.82, 2.24) is 24.5 Å². The van der Waals surface area contributed by atoms with Crippen LogP contribution >= 0.6 is 0 Å². The van der Waals surface area contributed by atoms with Crippen molar-refractivity contribution in [3.8, 4) is 0 Å². The summed E-state index contributed by atoms with van der Waals surface area (Å²) in [5.41, 5.74) is 1.14. The van der Waals surface area contributed by atoms with Gasteiger partial charge in [0.05, 0.1) is 12.6 Å². The number of carbonyl (C=O) groups excluding carboxylic acids is 2. The third-order valence-electron chi connectivity index (χ3n) is 5.44. The van der Waals surface area contributed by atoms with Crippen LogP contribution in [0.15, 0.2) is 6.33 Å². The number of amides is 2. The molecule has 1 aromatic rings. The number of aromatic nitrogens is 2. The number of aryl methyl sites for hydroxylation is 1. The van der Waals surface area contributed by atoms with Gasteiger partial charge in [-0.15, -0.1) is 0 Å². The lowest BCUT2D eigenvalue weighted by Gasteiger charge is -2.35. The molecule has 2 aliphatic rings. The number of aromatic amines is 1. The van der Waals surface area contributed by atoms with E-state index in [9.17, 15) is 18.0 Å². The SMILES string of the molecule is Cc1[nH]cnc1C(=O)NCC1CCN(C(=O)[C@@H]2CCCN2S(C)(=O)=O)CC1. The van der Waals surface area contributed by atoms with Crippen molar-refractivity contribution in [2.75, 3.05) is 32.4 Å². The highest BCUT2D eigenvalue weighted by Crippen LogP contribution is 2.25. The molecule has 2 aliphatic heterocycles. The number of hydrogen-bond donors (Lipinski definition) is 2. The Hall–Kier alpha value is -1.94. The van der Waals surface area contributed by atoms with Crippen molar-refractivity contribution in [2.45, 2.75) is 38.6 Å². The molecule has 3 rings (SSSR count). The van der Waals surface area contributed by atoms with Gasteiger partial charge in [-0.3, -0.25) is 9.59 Å². The maximum Gasteiger partial charge on any atom is 0.271 e. The Morgan fingerprint density at radius 3 is 2.56 bits per heavy atom. The molecule has 0 saturated carbocycles. The Kier molecular flexibility index (Phi) is 5.85. The molecule has 2 saturated heterocycles. The molecule has 1 atom stereocenters. The molecule has 0 aliphatic carbocycles. The predicted molar refractivity (Wildman–Crippen MR) is 99.5 cm³/mol. The largest absolute Gasteiger partial charge is 0.350 e.